The van der Waals surface area contributed by atoms with Crippen LogP contribution in [0.1, 0.15) is 5.56 Å². The first-order chi connectivity index (χ1) is 8.63. The molecule has 1 aromatic rings. The van der Waals surface area contributed by atoms with Crippen LogP contribution < -0.4 is 4.74 Å². The molecule has 1 aromatic carbocycles. The number of hydrogen-bond donors (Lipinski definition) is 5. The molecule has 0 amide bonds. The van der Waals surface area contributed by atoms with Crippen molar-refractivity contribution in [3.05, 3.63) is 29.8 Å². The molecule has 19 heavy (non-hydrogen) atoms. The number of carboxylic acids is 1. The van der Waals surface area contributed by atoms with E-state index in [0.717, 1.165) is 6.08 Å². The van der Waals surface area contributed by atoms with E-state index in [1.54, 1.807) is 12.1 Å². The van der Waals surface area contributed by atoms with Gasteiger partial charge in [-0.2, -0.15) is 0 Å². The van der Waals surface area contributed by atoms with Crippen LogP contribution in [0.2, 0.25) is 0 Å². The Balaban J connectivity index is 0.000000555. The highest BCUT2D eigenvalue weighted by molar-refractivity contribution is 7.45. The molecule has 0 saturated heterocycles. The summed E-state index contributed by atoms with van der Waals surface area (Å²) in [6.45, 7) is 0. The van der Waals surface area contributed by atoms with E-state index in [1.807, 2.05) is 0 Å². The lowest BCUT2D eigenvalue weighted by atomic mass is 10.2. The molecule has 8 nitrogen and oxygen atoms in total. The maximum absolute atomic E-state index is 10.2. The van der Waals surface area contributed by atoms with Crippen molar-refractivity contribution >= 4 is 19.9 Å². The number of benzene rings is 1. The summed E-state index contributed by atoms with van der Waals surface area (Å²) in [7, 11) is -3.21. The Morgan fingerprint density at radius 3 is 2.26 bits per heavy atom. The van der Waals surface area contributed by atoms with Gasteiger partial charge < -0.3 is 29.6 Å². The number of ether oxygens (including phenoxy) is 1. The summed E-state index contributed by atoms with van der Waals surface area (Å²) >= 11 is 0. The number of phenols is 1. The number of phosphoric acid groups is 1. The van der Waals surface area contributed by atoms with Crippen molar-refractivity contribution in [1.29, 1.82) is 0 Å². The fraction of sp³-hybridized carbons (Fsp3) is 0.100. The molecule has 9 heteroatoms. The summed E-state index contributed by atoms with van der Waals surface area (Å²) < 4.78 is 13.7. The smallest absolute Gasteiger partial charge is 0.466 e. The van der Waals surface area contributed by atoms with Gasteiger partial charge in [0.25, 0.3) is 0 Å². The van der Waals surface area contributed by atoms with Gasteiger partial charge in [-0.15, -0.1) is 0 Å². The van der Waals surface area contributed by atoms with Crippen LogP contribution in [0.5, 0.6) is 11.5 Å². The third-order valence-corrected chi connectivity index (χ3v) is 1.62. The van der Waals surface area contributed by atoms with Gasteiger partial charge in [0.05, 0.1) is 7.11 Å². The second kappa shape index (κ2) is 7.55. The Hall–Kier alpha value is -1.86. The Morgan fingerprint density at radius 2 is 1.84 bits per heavy atom. The third-order valence-electron chi connectivity index (χ3n) is 1.62. The molecule has 5 N–H and O–H groups in total. The molecule has 106 valence electrons. The van der Waals surface area contributed by atoms with Crippen molar-refractivity contribution in [2.45, 2.75) is 0 Å². The standard InChI is InChI=1S/C10H10O4.H3O4P/c1-14-9-6-7(2-4-8(9)11)3-5-10(12)13;1-5(2,3)4/h2-6,11H,1H3,(H,12,13);(H3,1,2,3,4). The van der Waals surface area contributed by atoms with E-state index in [4.69, 9.17) is 29.1 Å². The van der Waals surface area contributed by atoms with Crippen LogP contribution in [0.25, 0.3) is 6.08 Å². The van der Waals surface area contributed by atoms with Gasteiger partial charge in [0.2, 0.25) is 0 Å². The van der Waals surface area contributed by atoms with Crippen molar-refractivity contribution in [2.24, 2.45) is 0 Å². The monoisotopic (exact) mass is 292 g/mol. The van der Waals surface area contributed by atoms with Gasteiger partial charge in [0, 0.05) is 6.08 Å². The third kappa shape index (κ3) is 9.81. The Labute approximate surface area is 108 Å². The fourth-order valence-electron chi connectivity index (χ4n) is 0.965. The van der Waals surface area contributed by atoms with Crippen molar-refractivity contribution in [2.75, 3.05) is 7.11 Å². The number of rotatable bonds is 3. The highest BCUT2D eigenvalue weighted by Crippen LogP contribution is 2.26. The molecule has 0 atom stereocenters. The van der Waals surface area contributed by atoms with Crippen LogP contribution in [0.4, 0.5) is 0 Å². The number of aliphatic carboxylic acids is 1. The lowest BCUT2D eigenvalue weighted by molar-refractivity contribution is -0.131. The van der Waals surface area contributed by atoms with Crippen LogP contribution in [0, 0.1) is 0 Å². The minimum Gasteiger partial charge on any atom is -0.504 e. The van der Waals surface area contributed by atoms with Gasteiger partial charge in [-0.25, -0.2) is 9.36 Å². The van der Waals surface area contributed by atoms with E-state index in [9.17, 15) is 9.90 Å². The Bertz CT molecular complexity index is 496. The number of carboxylic acid groups (broad SMARTS) is 1. The fourth-order valence-corrected chi connectivity index (χ4v) is 0.965. The maximum Gasteiger partial charge on any atom is 0.466 e. The zero-order chi connectivity index (χ0) is 15.1. The topological polar surface area (TPSA) is 145 Å². The zero-order valence-electron chi connectivity index (χ0n) is 9.79. The van der Waals surface area contributed by atoms with E-state index in [-0.39, 0.29) is 5.75 Å². The van der Waals surface area contributed by atoms with Crippen LogP contribution >= 0.6 is 7.82 Å². The van der Waals surface area contributed by atoms with Crippen LogP contribution in [-0.4, -0.2) is 38.0 Å². The van der Waals surface area contributed by atoms with Gasteiger partial charge in [-0.05, 0) is 23.8 Å². The number of hydrogen-bond acceptors (Lipinski definition) is 4. The minimum atomic E-state index is -4.64. The molecule has 0 fully saturated rings. The summed E-state index contributed by atoms with van der Waals surface area (Å²) in [6.07, 6.45) is 2.44. The molecule has 0 unspecified atom stereocenters. The van der Waals surface area contributed by atoms with Crippen LogP contribution in [-0.2, 0) is 9.36 Å². The number of aromatic hydroxyl groups is 1. The first-order valence-electron chi connectivity index (χ1n) is 4.70. The molecule has 0 radical (unpaired) electrons. The number of phenolic OH excluding ortho intramolecular Hbond substituents is 1. The molecular weight excluding hydrogens is 279 g/mol. The van der Waals surface area contributed by atoms with E-state index in [1.165, 1.54) is 19.3 Å². The molecule has 0 aliphatic carbocycles. The van der Waals surface area contributed by atoms with E-state index >= 15 is 0 Å². The molecule has 0 aliphatic rings. The number of carbonyl (C=O) groups is 1. The predicted molar refractivity (Wildman–Crippen MR) is 65.6 cm³/mol. The van der Waals surface area contributed by atoms with E-state index < -0.39 is 13.8 Å². The van der Waals surface area contributed by atoms with Crippen molar-refractivity contribution in [1.82, 2.24) is 0 Å². The molecule has 0 aromatic heterocycles. The summed E-state index contributed by atoms with van der Waals surface area (Å²) in [5.74, 6) is -0.672. The van der Waals surface area contributed by atoms with Gasteiger partial charge in [-0.1, -0.05) is 6.07 Å². The average molecular weight is 292 g/mol. The summed E-state index contributed by atoms with van der Waals surface area (Å²) in [5, 5.41) is 17.6. The highest BCUT2D eigenvalue weighted by atomic mass is 31.2. The largest absolute Gasteiger partial charge is 0.504 e. The molecule has 0 saturated carbocycles. The lowest BCUT2D eigenvalue weighted by Crippen LogP contribution is -1.87. The average Bonchev–Trinajstić information content (AvgIpc) is 2.25. The van der Waals surface area contributed by atoms with Crippen molar-refractivity contribution in [3.8, 4) is 11.5 Å². The van der Waals surface area contributed by atoms with Crippen molar-refractivity contribution in [3.63, 3.8) is 0 Å². The Morgan fingerprint density at radius 1 is 1.32 bits per heavy atom. The maximum atomic E-state index is 10.2. The molecule has 0 spiro atoms. The summed E-state index contributed by atoms with van der Waals surface area (Å²) in [5.41, 5.74) is 0.655. The van der Waals surface area contributed by atoms with Gasteiger partial charge in [-0.3, -0.25) is 0 Å². The normalized spacial score (nSPS) is 10.7. The SMILES string of the molecule is COc1cc(C=CC(=O)O)ccc1O.O=P(O)(O)O. The van der Waals surface area contributed by atoms with Crippen LogP contribution in [0.15, 0.2) is 24.3 Å². The molecular formula is C10H13O8P. The zero-order valence-corrected chi connectivity index (χ0v) is 10.7. The van der Waals surface area contributed by atoms with Gasteiger partial charge in [0.15, 0.2) is 11.5 Å². The second-order valence-corrected chi connectivity index (χ2v) is 4.14. The quantitative estimate of drug-likeness (QED) is 0.401. The Kier molecular flexibility index (Phi) is 6.81. The summed E-state index contributed by atoms with van der Waals surface area (Å²) in [4.78, 5) is 31.8. The van der Waals surface area contributed by atoms with E-state index in [0.29, 0.717) is 11.3 Å². The summed E-state index contributed by atoms with van der Waals surface area (Å²) in [6, 6.07) is 4.59. The minimum absolute atomic E-state index is 0.0278. The first kappa shape index (κ1) is 17.1. The predicted octanol–water partition coefficient (Wildman–Crippen LogP) is 0.570. The molecule has 0 aliphatic heterocycles. The van der Waals surface area contributed by atoms with Crippen molar-refractivity contribution < 1.29 is 39.0 Å². The molecule has 0 heterocycles. The van der Waals surface area contributed by atoms with E-state index in [2.05, 4.69) is 0 Å². The lowest BCUT2D eigenvalue weighted by Gasteiger charge is -2.03. The molecule has 1 rings (SSSR count). The highest BCUT2D eigenvalue weighted by Gasteiger charge is 2.00. The first-order valence-corrected chi connectivity index (χ1v) is 6.26. The van der Waals surface area contributed by atoms with Crippen LogP contribution in [0.3, 0.4) is 0 Å². The van der Waals surface area contributed by atoms with Gasteiger partial charge in [0.1, 0.15) is 0 Å². The molecule has 0 bridgehead atoms. The number of methoxy groups -OCH3 is 1. The second-order valence-electron chi connectivity index (χ2n) is 3.12. The van der Waals surface area contributed by atoms with Gasteiger partial charge >= 0.3 is 13.8 Å².